The largest absolute Gasteiger partial charge is 0.364 e. The van der Waals surface area contributed by atoms with E-state index in [4.69, 9.17) is 34.8 Å². The van der Waals surface area contributed by atoms with Gasteiger partial charge in [-0.2, -0.15) is 0 Å². The van der Waals surface area contributed by atoms with Crippen LogP contribution in [0.25, 0.3) is 0 Å². The number of nitrogens with zero attached hydrogens (tertiary/aromatic N) is 3. The van der Waals surface area contributed by atoms with Crippen LogP contribution < -0.4 is 5.32 Å². The van der Waals surface area contributed by atoms with Gasteiger partial charge >= 0.3 is 5.69 Å². The van der Waals surface area contributed by atoms with Gasteiger partial charge in [0.25, 0.3) is 0 Å². The van der Waals surface area contributed by atoms with Crippen LogP contribution in [0.1, 0.15) is 5.56 Å². The fourth-order valence-corrected chi connectivity index (χ4v) is 2.39. The van der Waals surface area contributed by atoms with Gasteiger partial charge < -0.3 is 5.32 Å². The van der Waals surface area contributed by atoms with Crippen LogP contribution in [0.2, 0.25) is 15.2 Å². The minimum Gasteiger partial charge on any atom is -0.364 e. The van der Waals surface area contributed by atoms with Gasteiger partial charge in [-0.3, -0.25) is 10.1 Å². The third kappa shape index (κ3) is 3.93. The molecule has 0 amide bonds. The zero-order chi connectivity index (χ0) is 15.4. The zero-order valence-electron chi connectivity index (χ0n) is 10.5. The fraction of sp³-hybridized carbons (Fsp3) is 0.167. The smallest absolute Gasteiger partial charge is 0.348 e. The average molecular weight is 348 g/mol. The molecule has 0 saturated carbocycles. The maximum atomic E-state index is 10.9. The highest BCUT2D eigenvalue weighted by atomic mass is 35.5. The van der Waals surface area contributed by atoms with Crippen LogP contribution in [0.4, 0.5) is 11.5 Å². The Hall–Kier alpha value is -1.63. The Kier molecular flexibility index (Phi) is 5.17. The molecule has 1 heterocycles. The van der Waals surface area contributed by atoms with E-state index in [0.29, 0.717) is 23.0 Å². The summed E-state index contributed by atoms with van der Waals surface area (Å²) in [4.78, 5) is 17.7. The van der Waals surface area contributed by atoms with Gasteiger partial charge in [0.2, 0.25) is 11.0 Å². The van der Waals surface area contributed by atoms with Crippen LogP contribution in [-0.2, 0) is 6.42 Å². The van der Waals surface area contributed by atoms with E-state index in [1.165, 1.54) is 0 Å². The number of nitrogens with one attached hydrogen (secondary N) is 1. The van der Waals surface area contributed by atoms with Gasteiger partial charge in [0, 0.05) is 16.6 Å². The predicted octanol–water partition coefficient (Wildman–Crippen LogP) is 4.00. The summed E-state index contributed by atoms with van der Waals surface area (Å²) in [7, 11) is 0. The molecule has 0 spiro atoms. The summed E-state index contributed by atoms with van der Waals surface area (Å²) in [6.45, 7) is 0.398. The van der Waals surface area contributed by atoms with Crippen LogP contribution >= 0.6 is 34.8 Å². The number of hydrogen-bond acceptors (Lipinski definition) is 5. The molecule has 21 heavy (non-hydrogen) atoms. The molecule has 0 radical (unpaired) electrons. The maximum absolute atomic E-state index is 10.9. The lowest BCUT2D eigenvalue weighted by Crippen LogP contribution is -2.09. The van der Waals surface area contributed by atoms with Crippen molar-refractivity contribution in [3.8, 4) is 0 Å². The van der Waals surface area contributed by atoms with Crippen molar-refractivity contribution in [1.82, 2.24) is 9.97 Å². The van der Waals surface area contributed by atoms with E-state index in [1.54, 1.807) is 18.2 Å². The first-order valence-electron chi connectivity index (χ1n) is 5.81. The maximum Gasteiger partial charge on any atom is 0.348 e. The highest BCUT2D eigenvalue weighted by molar-refractivity contribution is 6.35. The van der Waals surface area contributed by atoms with Crippen molar-refractivity contribution in [2.24, 2.45) is 0 Å². The molecule has 1 aromatic heterocycles. The Morgan fingerprint density at radius 1 is 1.24 bits per heavy atom. The number of rotatable bonds is 5. The first-order valence-corrected chi connectivity index (χ1v) is 6.95. The zero-order valence-corrected chi connectivity index (χ0v) is 12.8. The summed E-state index contributed by atoms with van der Waals surface area (Å²) in [5, 5.41) is 14.7. The molecule has 0 unspecified atom stereocenters. The van der Waals surface area contributed by atoms with Crippen molar-refractivity contribution in [2.45, 2.75) is 6.42 Å². The molecule has 9 heteroatoms. The van der Waals surface area contributed by atoms with Crippen molar-refractivity contribution in [1.29, 1.82) is 0 Å². The summed E-state index contributed by atoms with van der Waals surface area (Å²) < 4.78 is 0. The van der Waals surface area contributed by atoms with Crippen LogP contribution in [0.5, 0.6) is 0 Å². The van der Waals surface area contributed by atoms with Crippen LogP contribution in [0, 0.1) is 10.1 Å². The summed E-state index contributed by atoms with van der Waals surface area (Å²) in [5.74, 6) is 0.0742. The van der Waals surface area contributed by atoms with Crippen molar-refractivity contribution in [3.05, 3.63) is 55.4 Å². The molecular weight excluding hydrogens is 339 g/mol. The Labute approximate surface area is 135 Å². The Morgan fingerprint density at radius 3 is 2.67 bits per heavy atom. The lowest BCUT2D eigenvalue weighted by molar-refractivity contribution is -0.384. The van der Waals surface area contributed by atoms with E-state index in [9.17, 15) is 10.1 Å². The van der Waals surface area contributed by atoms with Gasteiger partial charge in [0.15, 0.2) is 0 Å². The molecule has 0 saturated heterocycles. The van der Waals surface area contributed by atoms with E-state index in [0.717, 1.165) is 11.9 Å². The van der Waals surface area contributed by atoms with Gasteiger partial charge in [-0.1, -0.05) is 40.9 Å². The molecule has 110 valence electrons. The lowest BCUT2D eigenvalue weighted by Gasteiger charge is -2.08. The van der Waals surface area contributed by atoms with Crippen molar-refractivity contribution in [2.75, 3.05) is 11.9 Å². The quantitative estimate of drug-likeness (QED) is 0.502. The number of hydrogen-bond donors (Lipinski definition) is 1. The number of nitro groups is 1. The van der Waals surface area contributed by atoms with Gasteiger partial charge in [0.05, 0.1) is 4.92 Å². The number of benzene rings is 1. The molecule has 1 aromatic carbocycles. The number of anilines is 1. The SMILES string of the molecule is O=[N+]([O-])c1c(Cl)ncnc1NCCc1ccc(Cl)cc1Cl. The molecule has 0 aliphatic rings. The molecule has 0 aliphatic carbocycles. The lowest BCUT2D eigenvalue weighted by atomic mass is 10.1. The van der Waals surface area contributed by atoms with E-state index < -0.39 is 4.92 Å². The first kappa shape index (κ1) is 15.8. The van der Waals surface area contributed by atoms with E-state index in [2.05, 4.69) is 15.3 Å². The molecule has 0 aliphatic heterocycles. The average Bonchev–Trinajstić information content (AvgIpc) is 2.41. The first-order chi connectivity index (χ1) is 9.99. The molecule has 2 aromatic rings. The van der Waals surface area contributed by atoms with E-state index in [1.807, 2.05) is 0 Å². The molecule has 2 rings (SSSR count). The third-order valence-corrected chi connectivity index (χ3v) is 3.53. The highest BCUT2D eigenvalue weighted by Gasteiger charge is 2.21. The van der Waals surface area contributed by atoms with E-state index in [-0.39, 0.29) is 16.7 Å². The Balaban J connectivity index is 2.07. The minimum atomic E-state index is -0.625. The molecule has 1 N–H and O–H groups in total. The number of halogens is 3. The summed E-state index contributed by atoms with van der Waals surface area (Å²) >= 11 is 17.6. The third-order valence-electron chi connectivity index (χ3n) is 2.66. The molecule has 0 fully saturated rings. The second-order valence-corrected chi connectivity index (χ2v) is 5.23. The van der Waals surface area contributed by atoms with Crippen molar-refractivity contribution in [3.63, 3.8) is 0 Å². The molecular formula is C12H9Cl3N4O2. The number of aromatic nitrogens is 2. The second kappa shape index (κ2) is 6.89. The van der Waals surface area contributed by atoms with Gasteiger partial charge in [-0.15, -0.1) is 0 Å². The Bertz CT molecular complexity index is 682. The van der Waals surface area contributed by atoms with Crippen LogP contribution in [0.15, 0.2) is 24.5 Å². The standard InChI is InChI=1S/C12H9Cl3N4O2/c13-8-2-1-7(9(14)5-8)3-4-16-12-10(19(20)21)11(15)17-6-18-12/h1-2,5-6H,3-4H2,(H,16,17,18). The summed E-state index contributed by atoms with van der Waals surface area (Å²) in [6.07, 6.45) is 1.71. The topological polar surface area (TPSA) is 81.0 Å². The monoisotopic (exact) mass is 346 g/mol. The van der Waals surface area contributed by atoms with Gasteiger partial charge in [-0.25, -0.2) is 9.97 Å². The normalized spacial score (nSPS) is 10.4. The van der Waals surface area contributed by atoms with E-state index >= 15 is 0 Å². The molecule has 6 nitrogen and oxygen atoms in total. The van der Waals surface area contributed by atoms with Crippen molar-refractivity contribution >= 4 is 46.3 Å². The highest BCUT2D eigenvalue weighted by Crippen LogP contribution is 2.28. The minimum absolute atomic E-state index is 0.0742. The Morgan fingerprint density at radius 2 is 2.00 bits per heavy atom. The fourth-order valence-electron chi connectivity index (χ4n) is 1.69. The van der Waals surface area contributed by atoms with Crippen molar-refractivity contribution < 1.29 is 4.92 Å². The summed E-state index contributed by atoms with van der Waals surface area (Å²) in [6, 6.07) is 5.17. The molecule has 0 bridgehead atoms. The second-order valence-electron chi connectivity index (χ2n) is 4.03. The predicted molar refractivity (Wildman–Crippen MR) is 82.4 cm³/mol. The van der Waals surface area contributed by atoms with Crippen LogP contribution in [0.3, 0.4) is 0 Å². The molecule has 0 atom stereocenters. The van der Waals surface area contributed by atoms with Gasteiger partial charge in [0.1, 0.15) is 6.33 Å². The van der Waals surface area contributed by atoms with Crippen LogP contribution in [-0.4, -0.2) is 21.4 Å². The summed E-state index contributed by atoms with van der Waals surface area (Å²) in [5.41, 5.74) is 0.526. The van der Waals surface area contributed by atoms with Gasteiger partial charge in [-0.05, 0) is 24.1 Å².